The van der Waals surface area contributed by atoms with E-state index in [1.807, 2.05) is 30.3 Å². The van der Waals surface area contributed by atoms with E-state index in [9.17, 15) is 4.79 Å². The molecule has 1 N–H and O–H groups in total. The second-order valence-electron chi connectivity index (χ2n) is 8.49. The Balaban J connectivity index is 1.23. The number of nitrogens with one attached hydrogen (secondary N) is 1. The molecule has 3 aromatic rings. The van der Waals surface area contributed by atoms with Crippen molar-refractivity contribution in [2.45, 2.75) is 31.7 Å². The molecule has 2 fully saturated rings. The van der Waals surface area contributed by atoms with Crippen LogP contribution in [0, 0.1) is 17.8 Å². The molecule has 0 spiro atoms. The standard InChI is InChI=1S/C23H22N4O4/c28-22(25-11-13-2-1-7-24-10-13)19-14-3-4-15(8-14)20(19)23-26-21(27-31-23)16-5-6-17-18(9-16)30-12-29-17/h1-2,5-7,9-10,14-15,19-20H,3-4,8,11-12H2,(H,25,28)/t14-,15+,19-,20-/m0/s1. The molecule has 0 saturated heterocycles. The van der Waals surface area contributed by atoms with Crippen molar-refractivity contribution in [3.05, 3.63) is 54.2 Å². The number of ether oxygens (including phenoxy) is 2. The molecule has 6 rings (SSSR count). The maximum absolute atomic E-state index is 13.1. The van der Waals surface area contributed by atoms with E-state index in [1.54, 1.807) is 12.4 Å². The van der Waals surface area contributed by atoms with E-state index in [4.69, 9.17) is 19.0 Å². The van der Waals surface area contributed by atoms with Crippen LogP contribution in [0.1, 0.15) is 36.6 Å². The molecule has 1 aliphatic heterocycles. The van der Waals surface area contributed by atoms with E-state index in [2.05, 4.69) is 15.5 Å². The Morgan fingerprint density at radius 3 is 2.94 bits per heavy atom. The van der Waals surface area contributed by atoms with Gasteiger partial charge in [0.25, 0.3) is 0 Å². The van der Waals surface area contributed by atoms with Gasteiger partial charge in [0.05, 0.1) is 11.8 Å². The summed E-state index contributed by atoms with van der Waals surface area (Å²) in [6.07, 6.45) is 6.72. The number of amides is 1. The normalized spacial score (nSPS) is 25.7. The van der Waals surface area contributed by atoms with E-state index in [1.165, 1.54) is 0 Å². The second kappa shape index (κ2) is 7.37. The molecular formula is C23H22N4O4. The quantitative estimate of drug-likeness (QED) is 0.679. The van der Waals surface area contributed by atoms with Gasteiger partial charge in [0, 0.05) is 24.5 Å². The number of aromatic nitrogens is 3. The summed E-state index contributed by atoms with van der Waals surface area (Å²) in [6.45, 7) is 0.691. The lowest BCUT2D eigenvalue weighted by Gasteiger charge is -2.27. The van der Waals surface area contributed by atoms with Gasteiger partial charge >= 0.3 is 0 Å². The number of hydrogen-bond donors (Lipinski definition) is 1. The smallest absolute Gasteiger partial charge is 0.231 e. The van der Waals surface area contributed by atoms with Crippen molar-refractivity contribution < 1.29 is 18.8 Å². The number of nitrogens with zero attached hydrogens (tertiary/aromatic N) is 3. The molecule has 8 heteroatoms. The summed E-state index contributed by atoms with van der Waals surface area (Å²) in [6, 6.07) is 9.43. The molecule has 2 aromatic heterocycles. The third kappa shape index (κ3) is 3.22. The highest BCUT2D eigenvalue weighted by Crippen LogP contribution is 2.56. The van der Waals surface area contributed by atoms with Crippen LogP contribution in [0.5, 0.6) is 11.5 Å². The molecule has 1 aromatic carbocycles. The predicted octanol–water partition coefficient (Wildman–Crippen LogP) is 3.31. The predicted molar refractivity (Wildman–Crippen MR) is 109 cm³/mol. The van der Waals surface area contributed by atoms with Crippen LogP contribution in [0.15, 0.2) is 47.2 Å². The van der Waals surface area contributed by atoms with Gasteiger partial charge in [-0.3, -0.25) is 9.78 Å². The molecule has 31 heavy (non-hydrogen) atoms. The largest absolute Gasteiger partial charge is 0.454 e. The zero-order valence-electron chi connectivity index (χ0n) is 16.9. The summed E-state index contributed by atoms with van der Waals surface area (Å²) in [5.74, 6) is 3.11. The number of pyridine rings is 1. The van der Waals surface area contributed by atoms with Crippen LogP contribution in [0.3, 0.4) is 0 Å². The van der Waals surface area contributed by atoms with Crippen LogP contribution < -0.4 is 14.8 Å². The van der Waals surface area contributed by atoms with Gasteiger partial charge in [-0.1, -0.05) is 11.2 Å². The van der Waals surface area contributed by atoms with Crippen LogP contribution in [0.2, 0.25) is 0 Å². The second-order valence-corrected chi connectivity index (χ2v) is 8.49. The average molecular weight is 418 g/mol. The first-order chi connectivity index (χ1) is 15.3. The Bertz CT molecular complexity index is 1120. The van der Waals surface area contributed by atoms with Gasteiger partial charge in [0.2, 0.25) is 24.4 Å². The Kier molecular flexibility index (Phi) is 4.36. The zero-order valence-corrected chi connectivity index (χ0v) is 16.9. The highest BCUT2D eigenvalue weighted by Gasteiger charge is 2.53. The molecule has 2 saturated carbocycles. The fraction of sp³-hybridized carbons (Fsp3) is 0.391. The van der Waals surface area contributed by atoms with Crippen molar-refractivity contribution >= 4 is 5.91 Å². The van der Waals surface area contributed by atoms with Gasteiger partial charge in [-0.25, -0.2) is 0 Å². The van der Waals surface area contributed by atoms with Crippen LogP contribution >= 0.6 is 0 Å². The van der Waals surface area contributed by atoms with E-state index >= 15 is 0 Å². The van der Waals surface area contributed by atoms with Gasteiger partial charge in [0.1, 0.15) is 0 Å². The van der Waals surface area contributed by atoms with Crippen LogP contribution in [-0.4, -0.2) is 27.8 Å². The lowest BCUT2D eigenvalue weighted by molar-refractivity contribution is -0.127. The van der Waals surface area contributed by atoms with E-state index < -0.39 is 0 Å². The van der Waals surface area contributed by atoms with Crippen LogP contribution in [0.25, 0.3) is 11.4 Å². The van der Waals surface area contributed by atoms with E-state index in [0.29, 0.717) is 41.6 Å². The summed E-state index contributed by atoms with van der Waals surface area (Å²) < 4.78 is 16.5. The minimum Gasteiger partial charge on any atom is -0.454 e. The summed E-state index contributed by atoms with van der Waals surface area (Å²) in [4.78, 5) is 22.0. The summed E-state index contributed by atoms with van der Waals surface area (Å²) in [7, 11) is 0. The lowest BCUT2D eigenvalue weighted by atomic mass is 9.78. The van der Waals surface area contributed by atoms with Crippen LogP contribution in [-0.2, 0) is 11.3 Å². The molecule has 0 unspecified atom stereocenters. The fourth-order valence-corrected chi connectivity index (χ4v) is 5.36. The summed E-state index contributed by atoms with van der Waals surface area (Å²) >= 11 is 0. The molecule has 2 aliphatic carbocycles. The van der Waals surface area contributed by atoms with Gasteiger partial charge in [-0.15, -0.1) is 0 Å². The topological polar surface area (TPSA) is 99.4 Å². The molecule has 4 atom stereocenters. The number of carbonyl (C=O) groups is 1. The third-order valence-corrected chi connectivity index (χ3v) is 6.77. The van der Waals surface area contributed by atoms with Crippen molar-refractivity contribution in [3.63, 3.8) is 0 Å². The average Bonchev–Trinajstić information content (AvgIpc) is 3.60. The molecule has 158 valence electrons. The molecule has 3 heterocycles. The fourth-order valence-electron chi connectivity index (χ4n) is 5.36. The lowest BCUT2D eigenvalue weighted by Crippen LogP contribution is -2.37. The molecule has 1 amide bonds. The molecular weight excluding hydrogens is 396 g/mol. The summed E-state index contributed by atoms with van der Waals surface area (Å²) in [5.41, 5.74) is 1.79. The zero-order chi connectivity index (χ0) is 20.8. The van der Waals surface area contributed by atoms with Crippen molar-refractivity contribution in [2.24, 2.45) is 17.8 Å². The first-order valence-electron chi connectivity index (χ1n) is 10.7. The number of hydrogen-bond acceptors (Lipinski definition) is 7. The minimum atomic E-state index is -0.138. The van der Waals surface area contributed by atoms with E-state index in [-0.39, 0.29) is 24.5 Å². The monoisotopic (exact) mass is 418 g/mol. The summed E-state index contributed by atoms with van der Waals surface area (Å²) in [5, 5.41) is 7.30. The number of rotatable bonds is 5. The SMILES string of the molecule is O=C(NCc1cccnc1)[C@H]1[C@H]2CC[C@H](C2)[C@@H]1c1nc(-c2ccc3c(c2)OCO3)no1. The highest BCUT2D eigenvalue weighted by molar-refractivity contribution is 5.80. The molecule has 0 radical (unpaired) electrons. The molecule has 8 nitrogen and oxygen atoms in total. The Morgan fingerprint density at radius 2 is 2.03 bits per heavy atom. The van der Waals surface area contributed by atoms with Crippen molar-refractivity contribution in [2.75, 3.05) is 6.79 Å². The maximum Gasteiger partial charge on any atom is 0.231 e. The highest BCUT2D eigenvalue weighted by atomic mass is 16.7. The first kappa shape index (κ1) is 18.4. The Hall–Kier alpha value is -3.42. The van der Waals surface area contributed by atoms with Gasteiger partial charge in [-0.05, 0) is 60.9 Å². The maximum atomic E-state index is 13.1. The first-order valence-corrected chi connectivity index (χ1v) is 10.7. The van der Waals surface area contributed by atoms with E-state index in [0.717, 1.165) is 30.4 Å². The van der Waals surface area contributed by atoms with Crippen molar-refractivity contribution in [3.8, 4) is 22.9 Å². The molecule has 2 bridgehead atoms. The number of fused-ring (bicyclic) bond motifs is 3. The third-order valence-electron chi connectivity index (χ3n) is 6.77. The van der Waals surface area contributed by atoms with Crippen molar-refractivity contribution in [1.82, 2.24) is 20.4 Å². The van der Waals surface area contributed by atoms with Crippen LogP contribution in [0.4, 0.5) is 0 Å². The Morgan fingerprint density at radius 1 is 1.13 bits per heavy atom. The minimum absolute atomic E-state index is 0.0390. The number of benzene rings is 1. The number of carbonyl (C=O) groups excluding carboxylic acids is 1. The van der Waals surface area contributed by atoms with Gasteiger partial charge < -0.3 is 19.3 Å². The van der Waals surface area contributed by atoms with Gasteiger partial charge in [0.15, 0.2) is 11.5 Å². The molecule has 3 aliphatic rings. The van der Waals surface area contributed by atoms with Crippen molar-refractivity contribution in [1.29, 1.82) is 0 Å². The van der Waals surface area contributed by atoms with Gasteiger partial charge in [-0.2, -0.15) is 4.98 Å². The Labute approximate surface area is 179 Å².